The van der Waals surface area contributed by atoms with Crippen molar-refractivity contribution in [2.45, 2.75) is 20.3 Å². The highest BCUT2D eigenvalue weighted by Gasteiger charge is 2.08. The molecule has 0 bridgehead atoms. The second-order valence-electron chi connectivity index (χ2n) is 5.93. The van der Waals surface area contributed by atoms with Crippen LogP contribution in [0.4, 0.5) is 11.4 Å². The molecule has 0 atom stereocenters. The van der Waals surface area contributed by atoms with Gasteiger partial charge in [0.15, 0.2) is 0 Å². The van der Waals surface area contributed by atoms with Crippen molar-refractivity contribution in [1.29, 1.82) is 0 Å². The summed E-state index contributed by atoms with van der Waals surface area (Å²) in [5, 5.41) is 6.63. The van der Waals surface area contributed by atoms with Crippen LogP contribution in [0.15, 0.2) is 54.6 Å². The van der Waals surface area contributed by atoms with Crippen molar-refractivity contribution < 1.29 is 9.59 Å². The number of para-hydroxylation sites is 1. The highest BCUT2D eigenvalue weighted by molar-refractivity contribution is 6.01. The number of rotatable bonds is 4. The molecule has 0 radical (unpaired) electrons. The molecule has 0 spiro atoms. The van der Waals surface area contributed by atoms with Gasteiger partial charge in [0.25, 0.3) is 0 Å². The lowest BCUT2D eigenvalue weighted by Crippen LogP contribution is -2.15. The summed E-state index contributed by atoms with van der Waals surface area (Å²) >= 11 is 0. The largest absolute Gasteiger partial charge is 0.326 e. The lowest BCUT2D eigenvalue weighted by Gasteiger charge is -2.09. The number of nitrogens with one attached hydrogen (secondary N) is 2. The second-order valence-corrected chi connectivity index (χ2v) is 5.93. The van der Waals surface area contributed by atoms with E-state index in [-0.39, 0.29) is 18.2 Å². The van der Waals surface area contributed by atoms with Gasteiger partial charge < -0.3 is 10.6 Å². The van der Waals surface area contributed by atoms with Crippen molar-refractivity contribution in [3.8, 4) is 0 Å². The molecule has 3 rings (SSSR count). The number of nitrogens with zero attached hydrogens (tertiary/aromatic N) is 1. The zero-order valence-electron chi connectivity index (χ0n) is 14.2. The van der Waals surface area contributed by atoms with Crippen molar-refractivity contribution in [2.24, 2.45) is 0 Å². The molecule has 0 aliphatic heterocycles. The number of amides is 2. The Balaban J connectivity index is 1.72. The lowest BCUT2D eigenvalue weighted by atomic mass is 10.1. The van der Waals surface area contributed by atoms with Gasteiger partial charge in [0.2, 0.25) is 11.8 Å². The zero-order valence-corrected chi connectivity index (χ0v) is 14.2. The van der Waals surface area contributed by atoms with E-state index in [4.69, 9.17) is 0 Å². The van der Waals surface area contributed by atoms with E-state index in [9.17, 15) is 9.59 Å². The summed E-state index contributed by atoms with van der Waals surface area (Å²) in [5.41, 5.74) is 3.99. The molecule has 5 heteroatoms. The number of hydrogen-bond acceptors (Lipinski definition) is 3. The zero-order chi connectivity index (χ0) is 17.8. The smallest absolute Gasteiger partial charge is 0.228 e. The number of pyridine rings is 1. The maximum atomic E-state index is 12.4. The number of fused-ring (bicyclic) bond motifs is 1. The Morgan fingerprint density at radius 2 is 1.72 bits per heavy atom. The summed E-state index contributed by atoms with van der Waals surface area (Å²) < 4.78 is 0. The third-order valence-corrected chi connectivity index (χ3v) is 3.77. The maximum Gasteiger partial charge on any atom is 0.228 e. The molecule has 0 unspecified atom stereocenters. The van der Waals surface area contributed by atoms with Gasteiger partial charge >= 0.3 is 0 Å². The molecule has 0 aliphatic carbocycles. The number of anilines is 2. The monoisotopic (exact) mass is 333 g/mol. The lowest BCUT2D eigenvalue weighted by molar-refractivity contribution is -0.116. The van der Waals surface area contributed by atoms with Gasteiger partial charge in [-0.25, -0.2) is 0 Å². The number of aromatic nitrogens is 1. The highest BCUT2D eigenvalue weighted by atomic mass is 16.2. The molecule has 1 aromatic heterocycles. The molecule has 2 amide bonds. The Labute approximate surface area is 146 Å². The third kappa shape index (κ3) is 4.20. The van der Waals surface area contributed by atoms with Crippen molar-refractivity contribution in [3.05, 3.63) is 65.9 Å². The van der Waals surface area contributed by atoms with Gasteiger partial charge in [-0.05, 0) is 36.8 Å². The van der Waals surface area contributed by atoms with Crippen LogP contribution in [0.2, 0.25) is 0 Å². The molecule has 2 N–H and O–H groups in total. The van der Waals surface area contributed by atoms with Crippen molar-refractivity contribution in [1.82, 2.24) is 4.98 Å². The van der Waals surface area contributed by atoms with Crippen LogP contribution in [0.5, 0.6) is 0 Å². The van der Waals surface area contributed by atoms with Gasteiger partial charge in [-0.15, -0.1) is 0 Å². The maximum absolute atomic E-state index is 12.4. The first-order valence-electron chi connectivity index (χ1n) is 8.04. The fraction of sp³-hybridized carbons (Fsp3) is 0.150. The summed E-state index contributed by atoms with van der Waals surface area (Å²) in [5.74, 6) is -0.229. The molecular weight excluding hydrogens is 314 g/mol. The molecule has 0 saturated heterocycles. The molecule has 0 aliphatic rings. The summed E-state index contributed by atoms with van der Waals surface area (Å²) in [6.45, 7) is 3.38. The summed E-state index contributed by atoms with van der Waals surface area (Å²) in [4.78, 5) is 27.9. The molecule has 1 heterocycles. The number of carbonyl (C=O) groups is 2. The molecule has 2 aromatic carbocycles. The van der Waals surface area contributed by atoms with Crippen LogP contribution in [-0.2, 0) is 16.0 Å². The van der Waals surface area contributed by atoms with Crippen LogP contribution in [0.3, 0.4) is 0 Å². The number of hydrogen-bond donors (Lipinski definition) is 2. The van der Waals surface area contributed by atoms with Gasteiger partial charge in [0.05, 0.1) is 17.6 Å². The first kappa shape index (κ1) is 16.6. The van der Waals surface area contributed by atoms with Gasteiger partial charge in [-0.2, -0.15) is 0 Å². The summed E-state index contributed by atoms with van der Waals surface area (Å²) in [7, 11) is 0. The van der Waals surface area contributed by atoms with E-state index < -0.39 is 0 Å². The van der Waals surface area contributed by atoms with Crippen LogP contribution in [0.25, 0.3) is 10.9 Å². The van der Waals surface area contributed by atoms with E-state index >= 15 is 0 Å². The van der Waals surface area contributed by atoms with E-state index in [0.717, 1.165) is 22.2 Å². The SMILES string of the molecule is CC(=O)Nc1ccc(CC(=O)Nc2cccc3ccc(C)nc23)cc1. The predicted molar refractivity (Wildman–Crippen MR) is 99.6 cm³/mol. The Morgan fingerprint density at radius 3 is 2.44 bits per heavy atom. The molecule has 5 nitrogen and oxygen atoms in total. The average Bonchev–Trinajstić information content (AvgIpc) is 2.57. The quantitative estimate of drug-likeness (QED) is 0.765. The first-order valence-corrected chi connectivity index (χ1v) is 8.04. The van der Waals surface area contributed by atoms with E-state index in [1.54, 1.807) is 12.1 Å². The molecule has 25 heavy (non-hydrogen) atoms. The Morgan fingerprint density at radius 1 is 0.960 bits per heavy atom. The van der Waals surface area contributed by atoms with Crippen molar-refractivity contribution in [3.63, 3.8) is 0 Å². The van der Waals surface area contributed by atoms with Crippen molar-refractivity contribution >= 4 is 34.1 Å². The minimum Gasteiger partial charge on any atom is -0.326 e. The number of carbonyl (C=O) groups excluding carboxylic acids is 2. The van der Waals surface area contributed by atoms with Crippen LogP contribution in [0.1, 0.15) is 18.2 Å². The normalized spacial score (nSPS) is 10.5. The Bertz CT molecular complexity index is 933. The van der Waals surface area contributed by atoms with Crippen LogP contribution >= 0.6 is 0 Å². The number of benzene rings is 2. The van der Waals surface area contributed by atoms with Gasteiger partial charge in [0, 0.05) is 23.7 Å². The van der Waals surface area contributed by atoms with E-state index in [1.165, 1.54) is 6.92 Å². The first-order chi connectivity index (χ1) is 12.0. The predicted octanol–water partition coefficient (Wildman–Crippen LogP) is 3.68. The highest BCUT2D eigenvalue weighted by Crippen LogP contribution is 2.22. The van der Waals surface area contributed by atoms with Gasteiger partial charge in [-0.3, -0.25) is 14.6 Å². The van der Waals surface area contributed by atoms with Crippen LogP contribution < -0.4 is 10.6 Å². The fourth-order valence-electron chi connectivity index (χ4n) is 2.63. The van der Waals surface area contributed by atoms with E-state index in [2.05, 4.69) is 15.6 Å². The fourth-order valence-corrected chi connectivity index (χ4v) is 2.63. The minimum atomic E-state index is -0.121. The molecule has 0 saturated carbocycles. The molecule has 126 valence electrons. The average molecular weight is 333 g/mol. The molecular formula is C20H19N3O2. The van der Waals surface area contributed by atoms with E-state index in [1.807, 2.05) is 49.4 Å². The third-order valence-electron chi connectivity index (χ3n) is 3.77. The molecule has 0 fully saturated rings. The van der Waals surface area contributed by atoms with Gasteiger partial charge in [0.1, 0.15) is 0 Å². The van der Waals surface area contributed by atoms with Crippen LogP contribution in [-0.4, -0.2) is 16.8 Å². The Hall–Kier alpha value is -3.21. The van der Waals surface area contributed by atoms with Crippen molar-refractivity contribution in [2.75, 3.05) is 10.6 Å². The molecule has 3 aromatic rings. The standard InChI is InChI=1S/C20H19N3O2/c1-13-6-9-16-4-3-5-18(20(16)21-13)23-19(25)12-15-7-10-17(11-8-15)22-14(2)24/h3-11H,12H2,1-2H3,(H,22,24)(H,23,25). The second kappa shape index (κ2) is 7.13. The summed E-state index contributed by atoms with van der Waals surface area (Å²) in [6, 6.07) is 16.9. The topological polar surface area (TPSA) is 71.1 Å². The Kier molecular flexibility index (Phi) is 4.75. The van der Waals surface area contributed by atoms with E-state index in [0.29, 0.717) is 11.4 Å². The van der Waals surface area contributed by atoms with Gasteiger partial charge in [-0.1, -0.05) is 30.3 Å². The van der Waals surface area contributed by atoms with Crippen LogP contribution in [0, 0.1) is 6.92 Å². The number of aryl methyl sites for hydroxylation is 1. The minimum absolute atomic E-state index is 0.108. The summed E-state index contributed by atoms with van der Waals surface area (Å²) in [6.07, 6.45) is 0.253.